The maximum Gasteiger partial charge on any atom is 0.338 e. The van der Waals surface area contributed by atoms with Crippen molar-refractivity contribution in [2.75, 3.05) is 13.2 Å². The fraction of sp³-hybridized carbons (Fsp3) is 0.219. The van der Waals surface area contributed by atoms with Crippen LogP contribution in [0, 0.1) is 0 Å². The highest BCUT2D eigenvalue weighted by Crippen LogP contribution is 2.36. The molecule has 0 saturated heterocycles. The minimum Gasteiger partial charge on any atom is -0.490 e. The third-order valence-electron chi connectivity index (χ3n) is 6.69. The average Bonchev–Trinajstić information content (AvgIpc) is 3.28. The molecule has 0 aliphatic carbocycles. The van der Waals surface area contributed by atoms with Gasteiger partial charge in [-0.05, 0) is 68.3 Å². The van der Waals surface area contributed by atoms with Crippen molar-refractivity contribution >= 4 is 62.5 Å². The smallest absolute Gasteiger partial charge is 0.338 e. The maximum absolute atomic E-state index is 14.0. The molecule has 0 saturated carbocycles. The quantitative estimate of drug-likeness (QED) is 0.179. The van der Waals surface area contributed by atoms with Gasteiger partial charge in [-0.25, -0.2) is 9.79 Å². The van der Waals surface area contributed by atoms with Gasteiger partial charge in [0, 0.05) is 20.1 Å². The van der Waals surface area contributed by atoms with Crippen LogP contribution in [0.1, 0.15) is 43.5 Å². The molecule has 0 amide bonds. The largest absolute Gasteiger partial charge is 0.490 e. The molecule has 222 valence electrons. The van der Waals surface area contributed by atoms with Crippen LogP contribution in [0.4, 0.5) is 0 Å². The fourth-order valence-corrected chi connectivity index (χ4v) is 6.50. The standard InChI is InChI=1S/C32H27BrCl2N2O5S/c1-4-40-25-14-21(23(33)16-26(25)42-17-20-8-6-7-9-24(20)35)15-27-30(38)37-29(19-10-12-22(34)13-11-19)28(31(39)41-5-2)18(3)36-32(37)43-27/h6-16,29H,4-5,17H2,1-3H3/b27-15-/t29-/m1/s1. The highest BCUT2D eigenvalue weighted by atomic mass is 79.9. The van der Waals surface area contributed by atoms with E-state index in [0.717, 1.165) is 5.56 Å². The zero-order valence-corrected chi connectivity index (χ0v) is 27.4. The van der Waals surface area contributed by atoms with E-state index in [2.05, 4.69) is 20.9 Å². The number of carbonyl (C=O) groups is 1. The number of rotatable bonds is 9. The minimum atomic E-state index is -0.724. The molecular weight excluding hydrogens is 675 g/mol. The molecule has 0 spiro atoms. The van der Waals surface area contributed by atoms with Gasteiger partial charge in [-0.2, -0.15) is 0 Å². The number of thiazole rings is 1. The molecule has 7 nitrogen and oxygen atoms in total. The molecule has 2 heterocycles. The number of hydrogen-bond acceptors (Lipinski definition) is 7. The van der Waals surface area contributed by atoms with Crippen molar-refractivity contribution in [2.24, 2.45) is 4.99 Å². The van der Waals surface area contributed by atoms with E-state index in [9.17, 15) is 9.59 Å². The van der Waals surface area contributed by atoms with Crippen LogP contribution < -0.4 is 24.4 Å². The first-order valence-corrected chi connectivity index (χ1v) is 15.9. The van der Waals surface area contributed by atoms with E-state index in [1.165, 1.54) is 15.9 Å². The van der Waals surface area contributed by atoms with Crippen LogP contribution in [0.2, 0.25) is 10.0 Å². The molecule has 0 unspecified atom stereocenters. The Hall–Kier alpha value is -3.37. The van der Waals surface area contributed by atoms with Gasteiger partial charge in [0.1, 0.15) is 6.61 Å². The Bertz CT molecular complexity index is 1900. The van der Waals surface area contributed by atoms with E-state index in [0.29, 0.717) is 64.4 Å². The van der Waals surface area contributed by atoms with E-state index in [1.807, 2.05) is 43.3 Å². The molecule has 43 heavy (non-hydrogen) atoms. The van der Waals surface area contributed by atoms with Gasteiger partial charge < -0.3 is 14.2 Å². The molecule has 0 bridgehead atoms. The first-order chi connectivity index (χ1) is 20.7. The van der Waals surface area contributed by atoms with E-state index < -0.39 is 12.0 Å². The van der Waals surface area contributed by atoms with Crippen molar-refractivity contribution in [3.05, 3.63) is 123 Å². The number of esters is 1. The molecule has 3 aromatic carbocycles. The molecule has 1 aliphatic heterocycles. The molecule has 1 atom stereocenters. The summed E-state index contributed by atoms with van der Waals surface area (Å²) < 4.78 is 20.0. The van der Waals surface area contributed by atoms with Crippen molar-refractivity contribution in [2.45, 2.75) is 33.4 Å². The second-order valence-electron chi connectivity index (χ2n) is 9.49. The molecular formula is C32H27BrCl2N2O5S. The normalized spacial score (nSPS) is 14.7. The van der Waals surface area contributed by atoms with Crippen molar-refractivity contribution in [3.8, 4) is 11.5 Å². The fourth-order valence-electron chi connectivity index (χ4n) is 4.71. The second kappa shape index (κ2) is 13.5. The van der Waals surface area contributed by atoms with Crippen molar-refractivity contribution in [3.63, 3.8) is 0 Å². The summed E-state index contributed by atoms with van der Waals surface area (Å²) in [6, 6.07) is 17.4. The van der Waals surface area contributed by atoms with Gasteiger partial charge in [0.2, 0.25) is 0 Å². The Kier molecular flexibility index (Phi) is 9.76. The second-order valence-corrected chi connectivity index (χ2v) is 12.2. The van der Waals surface area contributed by atoms with E-state index >= 15 is 0 Å². The zero-order chi connectivity index (χ0) is 30.7. The molecule has 0 radical (unpaired) electrons. The number of halogens is 3. The van der Waals surface area contributed by atoms with Gasteiger partial charge in [0.15, 0.2) is 16.3 Å². The lowest BCUT2D eigenvalue weighted by Crippen LogP contribution is -2.39. The predicted molar refractivity (Wildman–Crippen MR) is 173 cm³/mol. The van der Waals surface area contributed by atoms with Gasteiger partial charge in [0.25, 0.3) is 5.56 Å². The average molecular weight is 702 g/mol. The van der Waals surface area contributed by atoms with Crippen LogP contribution in [0.3, 0.4) is 0 Å². The molecule has 11 heteroatoms. The zero-order valence-electron chi connectivity index (χ0n) is 23.5. The van der Waals surface area contributed by atoms with E-state index in [4.69, 9.17) is 37.4 Å². The van der Waals surface area contributed by atoms with Crippen molar-refractivity contribution in [1.82, 2.24) is 4.57 Å². The molecule has 1 aromatic heterocycles. The Balaban J connectivity index is 1.59. The number of carbonyl (C=O) groups excluding carboxylic acids is 1. The highest BCUT2D eigenvalue weighted by molar-refractivity contribution is 9.10. The first-order valence-electron chi connectivity index (χ1n) is 13.5. The summed E-state index contributed by atoms with van der Waals surface area (Å²) in [7, 11) is 0. The van der Waals surface area contributed by atoms with Crippen LogP contribution in [0.25, 0.3) is 6.08 Å². The number of hydrogen-bond donors (Lipinski definition) is 0. The molecule has 1 aliphatic rings. The van der Waals surface area contributed by atoms with Crippen LogP contribution in [-0.2, 0) is 16.1 Å². The number of allylic oxidation sites excluding steroid dienone is 1. The lowest BCUT2D eigenvalue weighted by Gasteiger charge is -2.24. The number of nitrogens with zero attached hydrogens (tertiary/aromatic N) is 2. The number of fused-ring (bicyclic) bond motifs is 1. The summed E-state index contributed by atoms with van der Waals surface area (Å²) in [6.07, 6.45) is 1.77. The van der Waals surface area contributed by atoms with E-state index in [1.54, 1.807) is 44.2 Å². The number of ether oxygens (including phenoxy) is 3. The molecule has 0 N–H and O–H groups in total. The summed E-state index contributed by atoms with van der Waals surface area (Å²) in [5.41, 5.74) is 2.79. The number of aromatic nitrogens is 1. The Morgan fingerprint density at radius 2 is 1.77 bits per heavy atom. The van der Waals surface area contributed by atoms with Crippen LogP contribution in [0.15, 0.2) is 86.2 Å². The summed E-state index contributed by atoms with van der Waals surface area (Å²) >= 11 is 17.3. The molecule has 4 aromatic rings. The molecule has 0 fully saturated rings. The lowest BCUT2D eigenvalue weighted by atomic mass is 9.96. The minimum absolute atomic E-state index is 0.196. The van der Waals surface area contributed by atoms with Gasteiger partial charge in [-0.1, -0.05) is 80.8 Å². The van der Waals surface area contributed by atoms with Gasteiger partial charge in [-0.3, -0.25) is 9.36 Å². The maximum atomic E-state index is 14.0. The number of benzene rings is 3. The Morgan fingerprint density at radius 3 is 2.47 bits per heavy atom. The third kappa shape index (κ3) is 6.60. The van der Waals surface area contributed by atoms with E-state index in [-0.39, 0.29) is 18.8 Å². The highest BCUT2D eigenvalue weighted by Gasteiger charge is 2.33. The summed E-state index contributed by atoms with van der Waals surface area (Å²) in [5.74, 6) is 0.537. The third-order valence-corrected chi connectivity index (χ3v) is 8.98. The van der Waals surface area contributed by atoms with Crippen LogP contribution in [0.5, 0.6) is 11.5 Å². The summed E-state index contributed by atoms with van der Waals surface area (Å²) in [4.78, 5) is 32.2. The van der Waals surface area contributed by atoms with Gasteiger partial charge in [0.05, 0.1) is 35.1 Å². The van der Waals surface area contributed by atoms with Crippen LogP contribution in [-0.4, -0.2) is 23.8 Å². The summed E-state index contributed by atoms with van der Waals surface area (Å²) in [6.45, 7) is 6.25. The Labute approximate surface area is 270 Å². The van der Waals surface area contributed by atoms with Gasteiger partial charge >= 0.3 is 5.97 Å². The van der Waals surface area contributed by atoms with Crippen molar-refractivity contribution in [1.29, 1.82) is 0 Å². The predicted octanol–water partition coefficient (Wildman–Crippen LogP) is 6.85. The van der Waals surface area contributed by atoms with Crippen LogP contribution >= 0.6 is 50.5 Å². The summed E-state index contributed by atoms with van der Waals surface area (Å²) in [5, 5.41) is 1.16. The molecule has 5 rings (SSSR count). The lowest BCUT2D eigenvalue weighted by molar-refractivity contribution is -0.139. The van der Waals surface area contributed by atoms with Gasteiger partial charge in [-0.15, -0.1) is 0 Å². The van der Waals surface area contributed by atoms with Crippen molar-refractivity contribution < 1.29 is 19.0 Å². The first kappa shape index (κ1) is 31.1. The topological polar surface area (TPSA) is 79.1 Å². The monoisotopic (exact) mass is 700 g/mol. The SMILES string of the molecule is CCOC(=O)C1=C(C)N=c2s/c(=C\c3cc(OCC)c(OCc4ccccc4Cl)cc3Br)c(=O)n2[C@@H]1c1ccc(Cl)cc1. The Morgan fingerprint density at radius 1 is 1.05 bits per heavy atom.